The second-order valence-electron chi connectivity index (χ2n) is 5.70. The van der Waals surface area contributed by atoms with Crippen molar-refractivity contribution < 1.29 is 0 Å². The summed E-state index contributed by atoms with van der Waals surface area (Å²) in [6, 6.07) is 0. The Bertz CT molecular complexity index is 325. The standard InChI is InChI=1S/C16H30N4/c1-4-6-8-10-12-15(13-11-9-7-5-2)16-19-17-14(3)18-20-16/h15H,4-13H2,1-3H3. The van der Waals surface area contributed by atoms with Gasteiger partial charge in [-0.2, -0.15) is 0 Å². The number of aryl methyl sites for hydroxylation is 1. The van der Waals surface area contributed by atoms with Crippen LogP contribution in [0.5, 0.6) is 0 Å². The molecule has 0 spiro atoms. The first-order chi connectivity index (χ1) is 9.77. The van der Waals surface area contributed by atoms with Crippen molar-refractivity contribution in [1.82, 2.24) is 20.4 Å². The van der Waals surface area contributed by atoms with E-state index in [0.717, 1.165) is 5.82 Å². The van der Waals surface area contributed by atoms with Crippen molar-refractivity contribution >= 4 is 0 Å². The lowest BCUT2D eigenvalue weighted by atomic mass is 9.94. The van der Waals surface area contributed by atoms with Crippen molar-refractivity contribution in [1.29, 1.82) is 0 Å². The van der Waals surface area contributed by atoms with E-state index in [-0.39, 0.29) is 0 Å². The molecule has 1 rings (SSSR count). The van der Waals surface area contributed by atoms with E-state index < -0.39 is 0 Å². The first kappa shape index (κ1) is 17.0. The van der Waals surface area contributed by atoms with Crippen LogP contribution in [-0.4, -0.2) is 20.4 Å². The van der Waals surface area contributed by atoms with Crippen LogP contribution in [-0.2, 0) is 0 Å². The highest BCUT2D eigenvalue weighted by Gasteiger charge is 2.15. The monoisotopic (exact) mass is 278 g/mol. The fraction of sp³-hybridized carbons (Fsp3) is 0.875. The van der Waals surface area contributed by atoms with E-state index in [0.29, 0.717) is 11.7 Å². The molecule has 0 bridgehead atoms. The van der Waals surface area contributed by atoms with E-state index in [1.165, 1.54) is 64.2 Å². The summed E-state index contributed by atoms with van der Waals surface area (Å²) < 4.78 is 0. The molecule has 1 aromatic rings. The lowest BCUT2D eigenvalue weighted by Crippen LogP contribution is -2.09. The van der Waals surface area contributed by atoms with Gasteiger partial charge in [0.15, 0.2) is 11.6 Å². The molecule has 0 unspecified atom stereocenters. The number of nitrogens with zero attached hydrogens (tertiary/aromatic N) is 4. The van der Waals surface area contributed by atoms with Crippen LogP contribution in [0.2, 0.25) is 0 Å². The molecular weight excluding hydrogens is 248 g/mol. The van der Waals surface area contributed by atoms with Crippen LogP contribution in [0.4, 0.5) is 0 Å². The van der Waals surface area contributed by atoms with Gasteiger partial charge >= 0.3 is 0 Å². The fourth-order valence-electron chi connectivity index (χ4n) is 2.49. The maximum Gasteiger partial charge on any atom is 0.176 e. The third-order valence-electron chi connectivity index (χ3n) is 3.77. The highest BCUT2D eigenvalue weighted by molar-refractivity contribution is 4.91. The maximum absolute atomic E-state index is 4.25. The number of unbranched alkanes of at least 4 members (excludes halogenated alkanes) is 6. The van der Waals surface area contributed by atoms with Gasteiger partial charge in [0.1, 0.15) is 0 Å². The Morgan fingerprint density at radius 3 is 1.65 bits per heavy atom. The molecule has 4 heteroatoms. The quantitative estimate of drug-likeness (QED) is 0.555. The maximum atomic E-state index is 4.25. The fourth-order valence-corrected chi connectivity index (χ4v) is 2.49. The molecule has 0 atom stereocenters. The number of hydrogen-bond acceptors (Lipinski definition) is 4. The summed E-state index contributed by atoms with van der Waals surface area (Å²) in [6.07, 6.45) is 12.7. The molecule has 0 radical (unpaired) electrons. The molecule has 1 heterocycles. The predicted molar refractivity (Wildman–Crippen MR) is 82.6 cm³/mol. The van der Waals surface area contributed by atoms with Gasteiger partial charge in [0, 0.05) is 5.92 Å². The molecule has 0 saturated carbocycles. The summed E-state index contributed by atoms with van der Waals surface area (Å²) in [6.45, 7) is 6.33. The summed E-state index contributed by atoms with van der Waals surface area (Å²) in [4.78, 5) is 0. The smallest absolute Gasteiger partial charge is 0.132 e. The highest BCUT2D eigenvalue weighted by atomic mass is 15.3. The predicted octanol–water partition coefficient (Wildman–Crippen LogP) is 4.60. The molecule has 0 aliphatic heterocycles. The minimum atomic E-state index is 0.448. The summed E-state index contributed by atoms with van der Waals surface area (Å²) >= 11 is 0. The van der Waals surface area contributed by atoms with E-state index in [1.54, 1.807) is 0 Å². The van der Waals surface area contributed by atoms with Gasteiger partial charge in [0.2, 0.25) is 0 Å². The number of aromatic nitrogens is 4. The van der Waals surface area contributed by atoms with Crippen molar-refractivity contribution in [3.8, 4) is 0 Å². The summed E-state index contributed by atoms with van der Waals surface area (Å²) in [5.41, 5.74) is 0. The van der Waals surface area contributed by atoms with Crippen LogP contribution in [0, 0.1) is 6.92 Å². The van der Waals surface area contributed by atoms with Gasteiger partial charge in [-0.25, -0.2) is 0 Å². The third-order valence-corrected chi connectivity index (χ3v) is 3.77. The summed E-state index contributed by atoms with van der Waals surface area (Å²) in [7, 11) is 0. The van der Waals surface area contributed by atoms with Crippen molar-refractivity contribution in [3.05, 3.63) is 11.6 Å². The van der Waals surface area contributed by atoms with Crippen LogP contribution in [0.15, 0.2) is 0 Å². The first-order valence-electron chi connectivity index (χ1n) is 8.31. The lowest BCUT2D eigenvalue weighted by molar-refractivity contribution is 0.467. The van der Waals surface area contributed by atoms with Gasteiger partial charge in [-0.15, -0.1) is 20.4 Å². The third kappa shape index (κ3) is 6.92. The number of hydrogen-bond donors (Lipinski definition) is 0. The Kier molecular flexibility index (Phi) is 9.09. The minimum Gasteiger partial charge on any atom is -0.132 e. The second kappa shape index (κ2) is 10.7. The molecule has 0 aliphatic rings. The average Bonchev–Trinajstić information content (AvgIpc) is 2.47. The van der Waals surface area contributed by atoms with Crippen LogP contribution < -0.4 is 0 Å². The minimum absolute atomic E-state index is 0.448. The van der Waals surface area contributed by atoms with Crippen LogP contribution in [0.1, 0.15) is 95.6 Å². The Balaban J connectivity index is 2.47. The Hall–Kier alpha value is -1.06. The molecule has 0 saturated heterocycles. The zero-order valence-corrected chi connectivity index (χ0v) is 13.4. The zero-order valence-electron chi connectivity index (χ0n) is 13.4. The van der Waals surface area contributed by atoms with Crippen molar-refractivity contribution in [3.63, 3.8) is 0 Å². The molecule has 0 N–H and O–H groups in total. The molecule has 20 heavy (non-hydrogen) atoms. The van der Waals surface area contributed by atoms with Gasteiger partial charge in [-0.3, -0.25) is 0 Å². The largest absolute Gasteiger partial charge is 0.176 e. The molecule has 114 valence electrons. The normalized spacial score (nSPS) is 11.2. The van der Waals surface area contributed by atoms with Crippen molar-refractivity contribution in [2.45, 2.75) is 90.9 Å². The Morgan fingerprint density at radius 1 is 0.700 bits per heavy atom. The molecule has 0 aliphatic carbocycles. The van der Waals surface area contributed by atoms with Crippen LogP contribution >= 0.6 is 0 Å². The first-order valence-corrected chi connectivity index (χ1v) is 8.31. The summed E-state index contributed by atoms with van der Waals surface area (Å²) in [5, 5.41) is 16.6. The zero-order chi connectivity index (χ0) is 14.6. The summed E-state index contributed by atoms with van der Waals surface area (Å²) in [5.74, 6) is 1.96. The Labute approximate surface area is 123 Å². The second-order valence-corrected chi connectivity index (χ2v) is 5.70. The molecule has 0 amide bonds. The topological polar surface area (TPSA) is 51.6 Å². The molecule has 0 fully saturated rings. The van der Waals surface area contributed by atoms with E-state index in [4.69, 9.17) is 0 Å². The molecule has 0 aromatic carbocycles. The van der Waals surface area contributed by atoms with Crippen molar-refractivity contribution in [2.75, 3.05) is 0 Å². The SMILES string of the molecule is CCCCCCC(CCCCCC)c1nnc(C)nn1. The van der Waals surface area contributed by atoms with E-state index in [1.807, 2.05) is 6.92 Å². The van der Waals surface area contributed by atoms with Gasteiger partial charge in [0.05, 0.1) is 0 Å². The lowest BCUT2D eigenvalue weighted by Gasteiger charge is -2.14. The van der Waals surface area contributed by atoms with Gasteiger partial charge in [-0.05, 0) is 19.8 Å². The van der Waals surface area contributed by atoms with E-state index in [2.05, 4.69) is 34.2 Å². The molecular formula is C16H30N4. The van der Waals surface area contributed by atoms with Gasteiger partial charge in [0.25, 0.3) is 0 Å². The number of rotatable bonds is 11. The molecule has 4 nitrogen and oxygen atoms in total. The Morgan fingerprint density at radius 2 is 1.20 bits per heavy atom. The van der Waals surface area contributed by atoms with Crippen molar-refractivity contribution in [2.24, 2.45) is 0 Å². The van der Waals surface area contributed by atoms with Crippen LogP contribution in [0.3, 0.4) is 0 Å². The van der Waals surface area contributed by atoms with E-state index in [9.17, 15) is 0 Å². The van der Waals surface area contributed by atoms with Gasteiger partial charge < -0.3 is 0 Å². The average molecular weight is 278 g/mol. The van der Waals surface area contributed by atoms with Crippen LogP contribution in [0.25, 0.3) is 0 Å². The van der Waals surface area contributed by atoms with E-state index >= 15 is 0 Å². The highest BCUT2D eigenvalue weighted by Crippen LogP contribution is 2.25. The molecule has 1 aromatic heterocycles. The van der Waals surface area contributed by atoms with Gasteiger partial charge in [-0.1, -0.05) is 65.2 Å².